The number of rotatable bonds is 10. The molecule has 1 aliphatic heterocycles. The Morgan fingerprint density at radius 3 is 2.51 bits per heavy atom. The molecule has 2 aromatic heterocycles. The molecule has 3 heterocycles. The molecule has 3 aromatic rings. The van der Waals surface area contributed by atoms with Crippen LogP contribution in [0.5, 0.6) is 0 Å². The number of thiazole rings is 1. The number of ketones is 1. The summed E-state index contributed by atoms with van der Waals surface area (Å²) >= 11 is 0.914. The molecule has 0 atom stereocenters. The molecule has 1 aromatic carbocycles. The SMILES string of the molecule is CC(C)(C)c1cc(NCCCS(=O)(=O)N2CCC(Nc3nc(N)c(C(=O)c4c(F)cccc4F)s3)CC2)no1. The van der Waals surface area contributed by atoms with E-state index in [2.05, 4.69) is 20.8 Å². The van der Waals surface area contributed by atoms with Crippen LogP contribution in [0.1, 0.15) is 61.0 Å². The highest BCUT2D eigenvalue weighted by Gasteiger charge is 2.29. The number of carbonyl (C=O) groups is 1. The Kier molecular flexibility index (Phi) is 8.57. The van der Waals surface area contributed by atoms with Crippen molar-refractivity contribution in [1.82, 2.24) is 14.4 Å². The molecule has 39 heavy (non-hydrogen) atoms. The zero-order chi connectivity index (χ0) is 28.4. The van der Waals surface area contributed by atoms with Crippen LogP contribution in [-0.4, -0.2) is 60.1 Å². The Bertz CT molecular complexity index is 1410. The lowest BCUT2D eigenvalue weighted by atomic mass is 9.93. The summed E-state index contributed by atoms with van der Waals surface area (Å²) in [6, 6.07) is 4.91. The molecule has 0 saturated carbocycles. The normalized spacial score (nSPS) is 15.4. The smallest absolute Gasteiger partial charge is 0.214 e. The second kappa shape index (κ2) is 11.6. The van der Waals surface area contributed by atoms with Crippen LogP contribution in [0.2, 0.25) is 0 Å². The quantitative estimate of drug-likeness (QED) is 0.236. The zero-order valence-corrected chi connectivity index (χ0v) is 23.6. The van der Waals surface area contributed by atoms with Crippen LogP contribution in [0.25, 0.3) is 0 Å². The summed E-state index contributed by atoms with van der Waals surface area (Å²) in [7, 11) is -3.43. The van der Waals surface area contributed by atoms with Crippen LogP contribution >= 0.6 is 11.3 Å². The van der Waals surface area contributed by atoms with E-state index in [-0.39, 0.29) is 27.9 Å². The lowest BCUT2D eigenvalue weighted by Gasteiger charge is -2.31. The van der Waals surface area contributed by atoms with Crippen molar-refractivity contribution in [3.8, 4) is 0 Å². The van der Waals surface area contributed by atoms with Gasteiger partial charge in [0.25, 0.3) is 0 Å². The van der Waals surface area contributed by atoms with E-state index in [0.717, 1.165) is 29.2 Å². The van der Waals surface area contributed by atoms with Gasteiger partial charge in [0.1, 0.15) is 28.1 Å². The van der Waals surface area contributed by atoms with Gasteiger partial charge in [-0.3, -0.25) is 4.79 Å². The molecule has 0 unspecified atom stereocenters. The van der Waals surface area contributed by atoms with E-state index in [1.54, 1.807) is 0 Å². The van der Waals surface area contributed by atoms with Gasteiger partial charge in [0.15, 0.2) is 10.9 Å². The fraction of sp³-hybridized carbons (Fsp3) is 0.480. The van der Waals surface area contributed by atoms with Gasteiger partial charge < -0.3 is 20.9 Å². The van der Waals surface area contributed by atoms with Crippen LogP contribution in [-0.2, 0) is 15.4 Å². The van der Waals surface area contributed by atoms with Crippen LogP contribution < -0.4 is 16.4 Å². The highest BCUT2D eigenvalue weighted by Crippen LogP contribution is 2.31. The van der Waals surface area contributed by atoms with E-state index >= 15 is 0 Å². The number of benzene rings is 1. The molecule has 212 valence electrons. The third-order valence-corrected chi connectivity index (χ3v) is 9.32. The third kappa shape index (κ3) is 6.92. The number of aromatic nitrogens is 2. The van der Waals surface area contributed by atoms with Crippen molar-refractivity contribution < 1.29 is 26.5 Å². The van der Waals surface area contributed by atoms with E-state index in [1.807, 2.05) is 26.8 Å². The number of halogens is 2. The summed E-state index contributed by atoms with van der Waals surface area (Å²) in [4.78, 5) is 16.8. The van der Waals surface area contributed by atoms with Crippen LogP contribution in [0.4, 0.5) is 25.5 Å². The average molecular weight is 583 g/mol. The first-order valence-electron chi connectivity index (χ1n) is 12.6. The molecule has 10 nitrogen and oxygen atoms in total. The van der Waals surface area contributed by atoms with Crippen LogP contribution in [0, 0.1) is 11.6 Å². The Hall–Kier alpha value is -3.10. The highest BCUT2D eigenvalue weighted by molar-refractivity contribution is 7.89. The van der Waals surface area contributed by atoms with Crippen LogP contribution in [0.15, 0.2) is 28.8 Å². The number of anilines is 3. The van der Waals surface area contributed by atoms with E-state index in [1.165, 1.54) is 10.4 Å². The molecular formula is C25H32F2N6O4S2. The highest BCUT2D eigenvalue weighted by atomic mass is 32.2. The van der Waals surface area contributed by atoms with Crippen LogP contribution in [0.3, 0.4) is 0 Å². The summed E-state index contributed by atoms with van der Waals surface area (Å²) in [6.07, 6.45) is 1.46. The summed E-state index contributed by atoms with van der Waals surface area (Å²) in [5.41, 5.74) is 5.03. The Morgan fingerprint density at radius 2 is 1.90 bits per heavy atom. The van der Waals surface area contributed by atoms with Gasteiger partial charge in [0.05, 0.1) is 11.3 Å². The van der Waals surface area contributed by atoms with E-state index in [0.29, 0.717) is 49.8 Å². The number of nitrogens with two attached hydrogens (primary N) is 1. The van der Waals surface area contributed by atoms with Gasteiger partial charge in [0, 0.05) is 37.2 Å². The Balaban J connectivity index is 1.25. The zero-order valence-electron chi connectivity index (χ0n) is 22.0. The molecule has 0 spiro atoms. The number of hydrogen-bond acceptors (Lipinski definition) is 10. The lowest BCUT2D eigenvalue weighted by molar-refractivity contribution is 0.103. The summed E-state index contributed by atoms with van der Waals surface area (Å²) < 4.78 is 60.6. The van der Waals surface area contributed by atoms with E-state index in [9.17, 15) is 22.0 Å². The maximum absolute atomic E-state index is 14.0. The average Bonchev–Trinajstić information content (AvgIpc) is 3.49. The Morgan fingerprint density at radius 1 is 1.23 bits per heavy atom. The Labute approximate surface area is 230 Å². The topological polar surface area (TPSA) is 143 Å². The fourth-order valence-corrected chi connectivity index (χ4v) is 6.59. The van der Waals surface area contributed by atoms with Gasteiger partial charge in [-0.1, -0.05) is 43.3 Å². The maximum atomic E-state index is 14.0. The molecule has 4 rings (SSSR count). The molecule has 1 saturated heterocycles. The molecule has 1 aliphatic rings. The fourth-order valence-electron chi connectivity index (χ4n) is 4.15. The van der Waals surface area contributed by atoms with E-state index in [4.69, 9.17) is 10.3 Å². The van der Waals surface area contributed by atoms with Crippen molar-refractivity contribution in [2.75, 3.05) is 41.8 Å². The predicted octanol–water partition coefficient (Wildman–Crippen LogP) is 4.23. The summed E-state index contributed by atoms with van der Waals surface area (Å²) in [5.74, 6) is -1.61. The minimum atomic E-state index is -3.43. The molecule has 1 fully saturated rings. The van der Waals surface area contributed by atoms with Crippen molar-refractivity contribution in [1.29, 1.82) is 0 Å². The first-order valence-corrected chi connectivity index (χ1v) is 15.0. The second-order valence-electron chi connectivity index (χ2n) is 10.4. The second-order valence-corrected chi connectivity index (χ2v) is 13.5. The van der Waals surface area contributed by atoms with Crippen molar-refractivity contribution in [3.63, 3.8) is 0 Å². The molecule has 0 bridgehead atoms. The van der Waals surface area contributed by atoms with Gasteiger partial charge in [-0.25, -0.2) is 26.5 Å². The van der Waals surface area contributed by atoms with Gasteiger partial charge in [-0.2, -0.15) is 0 Å². The summed E-state index contributed by atoms with van der Waals surface area (Å²) in [5, 5.41) is 10.6. The predicted molar refractivity (Wildman–Crippen MR) is 147 cm³/mol. The van der Waals surface area contributed by atoms with Gasteiger partial charge in [-0.05, 0) is 31.4 Å². The van der Waals surface area contributed by atoms with E-state index < -0.39 is 33.0 Å². The molecule has 0 aliphatic carbocycles. The number of piperidine rings is 1. The number of sulfonamides is 1. The van der Waals surface area contributed by atoms with Crippen molar-refractivity contribution in [2.45, 2.75) is 51.5 Å². The minimum Gasteiger partial charge on any atom is -0.382 e. The van der Waals surface area contributed by atoms with Crippen molar-refractivity contribution in [2.24, 2.45) is 0 Å². The first kappa shape index (κ1) is 28.9. The molecule has 14 heteroatoms. The number of nitrogens with one attached hydrogen (secondary N) is 2. The monoisotopic (exact) mass is 582 g/mol. The lowest BCUT2D eigenvalue weighted by Crippen LogP contribution is -2.43. The number of hydrogen-bond donors (Lipinski definition) is 3. The molecule has 0 radical (unpaired) electrons. The molecule has 0 amide bonds. The van der Waals surface area contributed by atoms with Gasteiger partial charge in [0.2, 0.25) is 15.8 Å². The standard InChI is InChI=1S/C25H32F2N6O4S2/c1-25(2,3)18-14-19(32-37-18)29-10-5-13-39(35,36)33-11-8-15(9-12-33)30-24-31-23(28)22(38-24)21(34)20-16(26)6-4-7-17(20)27/h4,6-7,14-15H,5,8-13,28H2,1-3H3,(H,29,32)(H,30,31). The third-order valence-electron chi connectivity index (χ3n) is 6.36. The first-order chi connectivity index (χ1) is 18.3. The van der Waals surface area contributed by atoms with Crippen molar-refractivity contribution >= 4 is 43.9 Å². The van der Waals surface area contributed by atoms with Gasteiger partial charge >= 0.3 is 0 Å². The number of nitrogen functional groups attached to an aromatic ring is 1. The maximum Gasteiger partial charge on any atom is 0.214 e. The summed E-state index contributed by atoms with van der Waals surface area (Å²) in [6.45, 7) is 7.16. The molecule has 4 N–H and O–H groups in total. The number of carbonyl (C=O) groups excluding carboxylic acids is 1. The van der Waals surface area contributed by atoms with Crippen molar-refractivity contribution in [3.05, 3.63) is 52.1 Å². The van der Waals surface area contributed by atoms with Gasteiger partial charge in [-0.15, -0.1) is 0 Å². The largest absolute Gasteiger partial charge is 0.382 e. The minimum absolute atomic E-state index is 0.00314. The molecular weight excluding hydrogens is 550 g/mol. The number of nitrogens with zero attached hydrogens (tertiary/aromatic N) is 3.